The number of benzene rings is 1. The lowest BCUT2D eigenvalue weighted by Gasteiger charge is -2.11. The topological polar surface area (TPSA) is 55.1 Å². The van der Waals surface area contributed by atoms with Crippen molar-refractivity contribution in [3.63, 3.8) is 0 Å². The summed E-state index contributed by atoms with van der Waals surface area (Å²) >= 11 is 2.20. The van der Waals surface area contributed by atoms with Gasteiger partial charge in [-0.3, -0.25) is 4.79 Å². The van der Waals surface area contributed by atoms with E-state index in [9.17, 15) is 4.79 Å². The van der Waals surface area contributed by atoms with E-state index in [2.05, 4.69) is 27.9 Å². The lowest BCUT2D eigenvalue weighted by atomic mass is 10.1. The second kappa shape index (κ2) is 7.86. The fourth-order valence-electron chi connectivity index (χ4n) is 1.24. The van der Waals surface area contributed by atoms with Crippen molar-refractivity contribution in [1.29, 1.82) is 0 Å². The van der Waals surface area contributed by atoms with Gasteiger partial charge in [0.1, 0.15) is 0 Å². The minimum atomic E-state index is -0.409. The van der Waals surface area contributed by atoms with Gasteiger partial charge in [0.25, 0.3) is 0 Å². The van der Waals surface area contributed by atoms with Crippen LogP contribution in [-0.2, 0) is 4.79 Å². The van der Waals surface area contributed by atoms with Gasteiger partial charge in [0.05, 0.1) is 6.04 Å². The summed E-state index contributed by atoms with van der Waals surface area (Å²) in [5.41, 5.74) is 6.50. The number of carbonyl (C=O) groups excluding carboxylic acids is 1. The highest BCUT2D eigenvalue weighted by Gasteiger charge is 2.11. The molecule has 0 aliphatic heterocycles. The molecular weight excluding hydrogens is 338 g/mol. The highest BCUT2D eigenvalue weighted by molar-refractivity contribution is 14.1. The summed E-state index contributed by atoms with van der Waals surface area (Å²) in [6.45, 7) is 2.01. The molecule has 1 aromatic rings. The van der Waals surface area contributed by atoms with Crippen molar-refractivity contribution in [3.05, 3.63) is 27.8 Å². The third-order valence-corrected chi connectivity index (χ3v) is 2.70. The summed E-state index contributed by atoms with van der Waals surface area (Å²) in [5, 5.41) is 2.80. The van der Waals surface area contributed by atoms with E-state index in [-0.39, 0.29) is 18.3 Å². The van der Waals surface area contributed by atoms with Crippen LogP contribution in [0.4, 0.5) is 5.69 Å². The van der Waals surface area contributed by atoms with Crippen LogP contribution < -0.4 is 11.1 Å². The summed E-state index contributed by atoms with van der Waals surface area (Å²) < 4.78 is 1.09. The van der Waals surface area contributed by atoms with E-state index < -0.39 is 6.04 Å². The van der Waals surface area contributed by atoms with Crippen molar-refractivity contribution in [2.75, 3.05) is 5.32 Å². The molecule has 0 fully saturated rings. The monoisotopic (exact) mass is 354 g/mol. The molecule has 0 saturated heterocycles. The predicted octanol–water partition coefficient (Wildman–Crippen LogP) is 2.78. The number of carbonyl (C=O) groups is 1. The van der Waals surface area contributed by atoms with Gasteiger partial charge >= 0.3 is 0 Å². The molecule has 3 N–H and O–H groups in total. The number of amides is 1. The number of hydrogen-bond acceptors (Lipinski definition) is 2. The Morgan fingerprint density at radius 3 is 2.81 bits per heavy atom. The van der Waals surface area contributed by atoms with Crippen LogP contribution in [0.15, 0.2) is 24.3 Å². The van der Waals surface area contributed by atoms with Gasteiger partial charge in [-0.15, -0.1) is 12.4 Å². The third-order valence-electron chi connectivity index (χ3n) is 2.03. The maximum absolute atomic E-state index is 11.6. The standard InChI is InChI=1S/C11H15IN2O.ClH/c1-2-4-10(13)11(15)14-9-6-3-5-8(12)7-9;/h3,5-7,10H,2,4,13H2,1H3,(H,14,15);1H. The minimum Gasteiger partial charge on any atom is -0.325 e. The lowest BCUT2D eigenvalue weighted by molar-refractivity contribution is -0.117. The van der Waals surface area contributed by atoms with Crippen molar-refractivity contribution in [2.24, 2.45) is 5.73 Å². The first-order valence-corrected chi connectivity index (χ1v) is 6.03. The van der Waals surface area contributed by atoms with Gasteiger partial charge in [-0.25, -0.2) is 0 Å². The fourth-order valence-corrected chi connectivity index (χ4v) is 1.79. The van der Waals surface area contributed by atoms with Crippen molar-refractivity contribution in [1.82, 2.24) is 0 Å². The minimum absolute atomic E-state index is 0. The summed E-state index contributed by atoms with van der Waals surface area (Å²) in [4.78, 5) is 11.6. The molecule has 16 heavy (non-hydrogen) atoms. The Hall–Kier alpha value is -0.330. The van der Waals surface area contributed by atoms with Crippen LogP contribution in [0.1, 0.15) is 19.8 Å². The number of anilines is 1. The molecule has 1 unspecified atom stereocenters. The lowest BCUT2D eigenvalue weighted by Crippen LogP contribution is -2.35. The summed E-state index contributed by atoms with van der Waals surface area (Å²) in [5.74, 6) is -0.112. The Morgan fingerprint density at radius 2 is 2.25 bits per heavy atom. The number of hydrogen-bond donors (Lipinski definition) is 2. The molecule has 1 amide bonds. The molecule has 0 aromatic heterocycles. The van der Waals surface area contributed by atoms with Crippen molar-refractivity contribution in [2.45, 2.75) is 25.8 Å². The summed E-state index contributed by atoms with van der Waals surface area (Å²) in [6.07, 6.45) is 1.64. The Labute approximate surface area is 116 Å². The molecule has 0 heterocycles. The highest BCUT2D eigenvalue weighted by atomic mass is 127. The number of nitrogens with two attached hydrogens (primary N) is 1. The average molecular weight is 355 g/mol. The number of nitrogens with one attached hydrogen (secondary N) is 1. The molecule has 0 bridgehead atoms. The van der Waals surface area contributed by atoms with Gasteiger partial charge in [0, 0.05) is 9.26 Å². The average Bonchev–Trinajstić information content (AvgIpc) is 2.18. The van der Waals surface area contributed by atoms with Gasteiger partial charge in [0.2, 0.25) is 5.91 Å². The Kier molecular flexibility index (Phi) is 7.70. The Balaban J connectivity index is 0.00000225. The molecule has 0 aliphatic rings. The molecule has 0 radical (unpaired) electrons. The second-order valence-corrected chi connectivity index (χ2v) is 4.64. The van der Waals surface area contributed by atoms with E-state index in [1.54, 1.807) is 0 Å². The molecule has 1 rings (SSSR count). The van der Waals surface area contributed by atoms with Crippen LogP contribution in [-0.4, -0.2) is 11.9 Å². The first-order chi connectivity index (χ1) is 7.13. The van der Waals surface area contributed by atoms with E-state index in [4.69, 9.17) is 5.73 Å². The zero-order valence-electron chi connectivity index (χ0n) is 9.07. The molecular formula is C11H16ClIN2O. The molecule has 0 spiro atoms. The van der Waals surface area contributed by atoms with Crippen LogP contribution >= 0.6 is 35.0 Å². The molecule has 0 saturated carbocycles. The quantitative estimate of drug-likeness (QED) is 0.817. The number of halogens is 2. The molecule has 3 nitrogen and oxygen atoms in total. The first-order valence-electron chi connectivity index (χ1n) is 4.95. The SMILES string of the molecule is CCCC(N)C(=O)Nc1cccc(I)c1.Cl. The molecule has 5 heteroatoms. The smallest absolute Gasteiger partial charge is 0.241 e. The number of rotatable bonds is 4. The van der Waals surface area contributed by atoms with Crippen LogP contribution in [0, 0.1) is 3.57 Å². The van der Waals surface area contributed by atoms with Gasteiger partial charge < -0.3 is 11.1 Å². The molecule has 90 valence electrons. The largest absolute Gasteiger partial charge is 0.325 e. The van der Waals surface area contributed by atoms with Crippen molar-refractivity contribution >= 4 is 46.6 Å². The van der Waals surface area contributed by atoms with Crippen molar-refractivity contribution in [3.8, 4) is 0 Å². The van der Waals surface area contributed by atoms with Gasteiger partial charge in [-0.05, 0) is 47.2 Å². The Morgan fingerprint density at radius 1 is 1.56 bits per heavy atom. The third kappa shape index (κ3) is 5.14. The van der Waals surface area contributed by atoms with Crippen LogP contribution in [0.3, 0.4) is 0 Å². The maximum atomic E-state index is 11.6. The van der Waals surface area contributed by atoms with Crippen LogP contribution in [0.25, 0.3) is 0 Å². The van der Waals surface area contributed by atoms with Crippen LogP contribution in [0.2, 0.25) is 0 Å². The highest BCUT2D eigenvalue weighted by Crippen LogP contribution is 2.12. The van der Waals surface area contributed by atoms with E-state index in [1.807, 2.05) is 31.2 Å². The summed E-state index contributed by atoms with van der Waals surface area (Å²) in [7, 11) is 0. The normalized spacial score (nSPS) is 11.4. The maximum Gasteiger partial charge on any atom is 0.241 e. The van der Waals surface area contributed by atoms with Crippen LogP contribution in [0.5, 0.6) is 0 Å². The zero-order chi connectivity index (χ0) is 11.3. The molecule has 0 aliphatic carbocycles. The van der Waals surface area contributed by atoms with Gasteiger partial charge in [-0.1, -0.05) is 19.4 Å². The van der Waals surface area contributed by atoms with E-state index in [1.165, 1.54) is 0 Å². The van der Waals surface area contributed by atoms with Crippen molar-refractivity contribution < 1.29 is 4.79 Å². The van der Waals surface area contributed by atoms with E-state index in [0.29, 0.717) is 0 Å². The first kappa shape index (κ1) is 15.7. The van der Waals surface area contributed by atoms with E-state index in [0.717, 1.165) is 22.1 Å². The zero-order valence-corrected chi connectivity index (χ0v) is 12.0. The Bertz CT molecular complexity index is 347. The van der Waals surface area contributed by atoms with Gasteiger partial charge in [-0.2, -0.15) is 0 Å². The second-order valence-electron chi connectivity index (χ2n) is 3.39. The molecule has 1 aromatic carbocycles. The van der Waals surface area contributed by atoms with E-state index >= 15 is 0 Å². The molecule has 1 atom stereocenters. The fraction of sp³-hybridized carbons (Fsp3) is 0.364. The van der Waals surface area contributed by atoms with Gasteiger partial charge in [0.15, 0.2) is 0 Å². The summed E-state index contributed by atoms with van der Waals surface area (Å²) in [6, 6.07) is 7.24. The predicted molar refractivity (Wildman–Crippen MR) is 77.9 cm³/mol.